The molecule has 1 aliphatic heterocycles. The molecule has 6 heteroatoms. The summed E-state index contributed by atoms with van der Waals surface area (Å²) in [6, 6.07) is 8.52. The van der Waals surface area contributed by atoms with Gasteiger partial charge in [0.25, 0.3) is 5.91 Å². The molecule has 0 spiro atoms. The molecule has 0 radical (unpaired) electrons. The lowest BCUT2D eigenvalue weighted by Gasteiger charge is -2.27. The zero-order valence-corrected chi connectivity index (χ0v) is 16.9. The van der Waals surface area contributed by atoms with Gasteiger partial charge in [-0.3, -0.25) is 9.48 Å². The first-order chi connectivity index (χ1) is 13.7. The van der Waals surface area contributed by atoms with Crippen LogP contribution in [0, 0.1) is 0 Å². The molecule has 1 aromatic heterocycles. The molecule has 4 rings (SSSR count). The number of benzene rings is 1. The molecule has 0 bridgehead atoms. The highest BCUT2D eigenvalue weighted by Gasteiger charge is 2.30. The van der Waals surface area contributed by atoms with Crippen molar-refractivity contribution in [2.45, 2.75) is 51.1 Å². The summed E-state index contributed by atoms with van der Waals surface area (Å²) in [5.74, 6) is 0.997. The highest BCUT2D eigenvalue weighted by molar-refractivity contribution is 5.94. The van der Waals surface area contributed by atoms with Crippen molar-refractivity contribution in [2.24, 2.45) is 7.05 Å². The maximum atomic E-state index is 13.1. The first kappa shape index (κ1) is 19.0. The van der Waals surface area contributed by atoms with Crippen LogP contribution in [0.4, 0.5) is 0 Å². The Hall–Kier alpha value is -2.34. The van der Waals surface area contributed by atoms with Crippen molar-refractivity contribution in [3.8, 4) is 5.75 Å². The van der Waals surface area contributed by atoms with E-state index in [-0.39, 0.29) is 5.91 Å². The van der Waals surface area contributed by atoms with Crippen LogP contribution < -0.4 is 10.1 Å². The van der Waals surface area contributed by atoms with E-state index in [9.17, 15) is 4.79 Å². The largest absolute Gasteiger partial charge is 0.497 e. The standard InChI is InChI=1S/C22H30N4O2/c1-25-20-10-9-17(23-15-16-7-6-8-18(13-16)28-2)14-19(20)21(24-25)22(27)26-11-4-3-5-12-26/h6-8,13,17,23H,3-5,9-12,14-15H2,1-2H3. The topological polar surface area (TPSA) is 59.4 Å². The van der Waals surface area contributed by atoms with Gasteiger partial charge in [-0.1, -0.05) is 12.1 Å². The quantitative estimate of drug-likeness (QED) is 0.864. The van der Waals surface area contributed by atoms with Crippen LogP contribution >= 0.6 is 0 Å². The Morgan fingerprint density at radius 3 is 2.89 bits per heavy atom. The predicted molar refractivity (Wildman–Crippen MR) is 109 cm³/mol. The molecule has 1 amide bonds. The highest BCUT2D eigenvalue weighted by Crippen LogP contribution is 2.26. The van der Waals surface area contributed by atoms with E-state index < -0.39 is 0 Å². The number of hydrogen-bond acceptors (Lipinski definition) is 4. The number of piperidine rings is 1. The molecular formula is C22H30N4O2. The van der Waals surface area contributed by atoms with Crippen LogP contribution in [0.5, 0.6) is 5.75 Å². The third-order valence-electron chi connectivity index (χ3n) is 6.03. The monoisotopic (exact) mass is 382 g/mol. The number of carbonyl (C=O) groups excluding carboxylic acids is 1. The number of likely N-dealkylation sites (tertiary alicyclic amines) is 1. The number of aromatic nitrogens is 2. The number of aryl methyl sites for hydroxylation is 1. The number of ether oxygens (including phenoxy) is 1. The zero-order chi connectivity index (χ0) is 19.5. The van der Waals surface area contributed by atoms with E-state index in [4.69, 9.17) is 4.74 Å². The minimum Gasteiger partial charge on any atom is -0.497 e. The minimum absolute atomic E-state index is 0.116. The molecule has 1 atom stereocenters. The summed E-state index contributed by atoms with van der Waals surface area (Å²) in [6.07, 6.45) is 6.31. The van der Waals surface area contributed by atoms with Crippen molar-refractivity contribution in [2.75, 3.05) is 20.2 Å². The van der Waals surface area contributed by atoms with Gasteiger partial charge in [-0.2, -0.15) is 5.10 Å². The molecule has 1 fully saturated rings. The average Bonchev–Trinajstić information content (AvgIpc) is 3.08. The Kier molecular flexibility index (Phi) is 5.67. The van der Waals surface area contributed by atoms with Crippen LogP contribution in [0.15, 0.2) is 24.3 Å². The van der Waals surface area contributed by atoms with Crippen molar-refractivity contribution < 1.29 is 9.53 Å². The van der Waals surface area contributed by atoms with E-state index in [1.54, 1.807) is 7.11 Å². The van der Waals surface area contributed by atoms with Crippen LogP contribution in [0.25, 0.3) is 0 Å². The molecule has 2 heterocycles. The molecule has 1 aliphatic carbocycles. The van der Waals surface area contributed by atoms with Crippen molar-refractivity contribution in [3.63, 3.8) is 0 Å². The highest BCUT2D eigenvalue weighted by atomic mass is 16.5. The third-order valence-corrected chi connectivity index (χ3v) is 6.03. The summed E-state index contributed by atoms with van der Waals surface area (Å²) in [5.41, 5.74) is 4.25. The van der Waals surface area contributed by atoms with E-state index in [1.807, 2.05) is 28.8 Å². The van der Waals surface area contributed by atoms with E-state index >= 15 is 0 Å². The molecule has 2 aromatic rings. The summed E-state index contributed by atoms with van der Waals surface area (Å²) in [6.45, 7) is 2.52. The second-order valence-corrected chi connectivity index (χ2v) is 7.92. The van der Waals surface area contributed by atoms with Crippen LogP contribution in [0.3, 0.4) is 0 Å². The van der Waals surface area contributed by atoms with Gasteiger partial charge in [-0.25, -0.2) is 0 Å². The Morgan fingerprint density at radius 1 is 1.29 bits per heavy atom. The molecule has 1 N–H and O–H groups in total. The van der Waals surface area contributed by atoms with Gasteiger partial charge in [0.1, 0.15) is 5.75 Å². The van der Waals surface area contributed by atoms with Crippen LogP contribution in [0.2, 0.25) is 0 Å². The van der Waals surface area contributed by atoms with Crippen molar-refractivity contribution in [1.82, 2.24) is 20.0 Å². The van der Waals surface area contributed by atoms with E-state index in [0.717, 1.165) is 63.1 Å². The smallest absolute Gasteiger partial charge is 0.274 e. The number of rotatable bonds is 5. The fourth-order valence-corrected chi connectivity index (χ4v) is 4.43. The van der Waals surface area contributed by atoms with Crippen molar-refractivity contribution in [1.29, 1.82) is 0 Å². The lowest BCUT2D eigenvalue weighted by molar-refractivity contribution is 0.0716. The number of nitrogens with one attached hydrogen (secondary N) is 1. The predicted octanol–water partition coefficient (Wildman–Crippen LogP) is 2.70. The van der Waals surface area contributed by atoms with Gasteiger partial charge >= 0.3 is 0 Å². The zero-order valence-electron chi connectivity index (χ0n) is 16.9. The summed E-state index contributed by atoms with van der Waals surface area (Å²) >= 11 is 0. The lowest BCUT2D eigenvalue weighted by Crippen LogP contribution is -2.38. The van der Waals surface area contributed by atoms with Gasteiger partial charge in [0.15, 0.2) is 5.69 Å². The van der Waals surface area contributed by atoms with E-state index in [2.05, 4.69) is 22.5 Å². The fourth-order valence-electron chi connectivity index (χ4n) is 4.43. The number of fused-ring (bicyclic) bond motifs is 1. The van der Waals surface area contributed by atoms with E-state index in [1.165, 1.54) is 17.7 Å². The van der Waals surface area contributed by atoms with Gasteiger partial charge in [0.2, 0.25) is 0 Å². The Balaban J connectivity index is 1.45. The van der Waals surface area contributed by atoms with Gasteiger partial charge in [-0.15, -0.1) is 0 Å². The molecule has 1 aromatic carbocycles. The molecule has 0 saturated carbocycles. The van der Waals surface area contributed by atoms with Crippen LogP contribution in [-0.2, 0) is 26.4 Å². The number of amides is 1. The molecular weight excluding hydrogens is 352 g/mol. The van der Waals surface area contributed by atoms with Crippen LogP contribution in [0.1, 0.15) is 53.0 Å². The second-order valence-electron chi connectivity index (χ2n) is 7.92. The third kappa shape index (κ3) is 3.92. The number of carbonyl (C=O) groups is 1. The molecule has 150 valence electrons. The Labute approximate surface area is 166 Å². The maximum absolute atomic E-state index is 13.1. The number of nitrogens with zero attached hydrogens (tertiary/aromatic N) is 3. The van der Waals surface area contributed by atoms with Crippen molar-refractivity contribution in [3.05, 3.63) is 46.8 Å². The van der Waals surface area contributed by atoms with Gasteiger partial charge < -0.3 is 15.0 Å². The summed E-state index contributed by atoms with van der Waals surface area (Å²) in [7, 11) is 3.66. The lowest BCUT2D eigenvalue weighted by atomic mass is 9.90. The Bertz CT molecular complexity index is 839. The normalized spacial score (nSPS) is 19.4. The minimum atomic E-state index is 0.116. The fraction of sp³-hybridized carbons (Fsp3) is 0.545. The molecule has 1 unspecified atom stereocenters. The van der Waals surface area contributed by atoms with Gasteiger partial charge in [0, 0.05) is 44.0 Å². The van der Waals surface area contributed by atoms with E-state index in [0.29, 0.717) is 11.7 Å². The summed E-state index contributed by atoms with van der Waals surface area (Å²) in [4.78, 5) is 15.0. The van der Waals surface area contributed by atoms with Crippen LogP contribution in [-0.4, -0.2) is 46.8 Å². The van der Waals surface area contributed by atoms with Gasteiger partial charge in [-0.05, 0) is 56.2 Å². The maximum Gasteiger partial charge on any atom is 0.274 e. The SMILES string of the molecule is COc1cccc(CNC2CCc3c(c(C(=O)N4CCCCC4)nn3C)C2)c1. The number of hydrogen-bond donors (Lipinski definition) is 1. The van der Waals surface area contributed by atoms with Crippen molar-refractivity contribution >= 4 is 5.91 Å². The Morgan fingerprint density at radius 2 is 2.11 bits per heavy atom. The summed E-state index contributed by atoms with van der Waals surface area (Å²) < 4.78 is 7.24. The number of methoxy groups -OCH3 is 1. The van der Waals surface area contributed by atoms with Gasteiger partial charge in [0.05, 0.1) is 7.11 Å². The first-order valence-electron chi connectivity index (χ1n) is 10.4. The molecule has 6 nitrogen and oxygen atoms in total. The molecule has 2 aliphatic rings. The second kappa shape index (κ2) is 8.35. The first-order valence-corrected chi connectivity index (χ1v) is 10.4. The molecule has 1 saturated heterocycles. The average molecular weight is 383 g/mol. The summed E-state index contributed by atoms with van der Waals surface area (Å²) in [5, 5.41) is 8.29. The molecule has 28 heavy (non-hydrogen) atoms.